The number of benzene rings is 1. The molecule has 0 radical (unpaired) electrons. The number of nitrogens with one attached hydrogen (secondary N) is 2. The lowest BCUT2D eigenvalue weighted by Crippen LogP contribution is -2.47. The van der Waals surface area contributed by atoms with E-state index >= 15 is 0 Å². The summed E-state index contributed by atoms with van der Waals surface area (Å²) in [7, 11) is 0. The van der Waals surface area contributed by atoms with Crippen LogP contribution in [0.2, 0.25) is 0 Å². The summed E-state index contributed by atoms with van der Waals surface area (Å²) in [4.78, 5) is 47.0. The zero-order chi connectivity index (χ0) is 20.1. The van der Waals surface area contributed by atoms with Crippen LogP contribution in [0, 0.1) is 0 Å². The maximum atomic E-state index is 11.9. The molecular formula is C18H24N2O7. The molecule has 0 fully saturated rings. The van der Waals surface area contributed by atoms with Crippen molar-refractivity contribution in [2.75, 3.05) is 19.8 Å². The molecule has 0 unspecified atom stereocenters. The summed E-state index contributed by atoms with van der Waals surface area (Å²) in [5.41, 5.74) is 0.800. The summed E-state index contributed by atoms with van der Waals surface area (Å²) in [6.07, 6.45) is -1.15. The quantitative estimate of drug-likeness (QED) is 0.457. The first kappa shape index (κ1) is 21.9. The van der Waals surface area contributed by atoms with Gasteiger partial charge in [0.05, 0.1) is 19.6 Å². The van der Waals surface area contributed by atoms with E-state index < -0.39 is 36.5 Å². The third kappa shape index (κ3) is 9.24. The molecule has 1 rings (SSSR count). The van der Waals surface area contributed by atoms with E-state index in [9.17, 15) is 19.2 Å². The Kier molecular flexibility index (Phi) is 9.98. The largest absolute Gasteiger partial charge is 0.466 e. The minimum absolute atomic E-state index is 0.0581. The van der Waals surface area contributed by atoms with E-state index in [-0.39, 0.29) is 26.2 Å². The second-order valence-corrected chi connectivity index (χ2v) is 5.30. The van der Waals surface area contributed by atoms with Crippen LogP contribution in [0.5, 0.6) is 0 Å². The highest BCUT2D eigenvalue weighted by molar-refractivity contribution is 5.89. The van der Waals surface area contributed by atoms with Crippen LogP contribution >= 0.6 is 0 Å². The Hall–Kier alpha value is -3.10. The van der Waals surface area contributed by atoms with Gasteiger partial charge in [-0.1, -0.05) is 30.3 Å². The molecule has 0 heterocycles. The number of carbonyl (C=O) groups is 4. The number of hydrogen-bond donors (Lipinski definition) is 2. The lowest BCUT2D eigenvalue weighted by Gasteiger charge is -2.16. The van der Waals surface area contributed by atoms with Gasteiger partial charge in [-0.3, -0.25) is 9.59 Å². The van der Waals surface area contributed by atoms with Crippen molar-refractivity contribution >= 4 is 23.9 Å². The van der Waals surface area contributed by atoms with Crippen LogP contribution < -0.4 is 10.6 Å². The van der Waals surface area contributed by atoms with Gasteiger partial charge >= 0.3 is 18.0 Å². The van der Waals surface area contributed by atoms with Crippen LogP contribution in [0.3, 0.4) is 0 Å². The Morgan fingerprint density at radius 2 is 1.63 bits per heavy atom. The lowest BCUT2D eigenvalue weighted by atomic mass is 10.2. The number of esters is 2. The maximum absolute atomic E-state index is 11.9. The van der Waals surface area contributed by atoms with Gasteiger partial charge in [-0.25, -0.2) is 9.59 Å². The van der Waals surface area contributed by atoms with E-state index in [1.54, 1.807) is 26.0 Å². The first-order valence-corrected chi connectivity index (χ1v) is 8.52. The zero-order valence-corrected chi connectivity index (χ0v) is 15.4. The molecule has 0 aliphatic heterocycles. The summed E-state index contributed by atoms with van der Waals surface area (Å²) >= 11 is 0. The number of amides is 2. The fourth-order valence-corrected chi connectivity index (χ4v) is 1.99. The Morgan fingerprint density at radius 3 is 2.26 bits per heavy atom. The van der Waals surface area contributed by atoms with E-state index in [0.717, 1.165) is 5.56 Å². The van der Waals surface area contributed by atoms with Crippen LogP contribution in [0.4, 0.5) is 4.79 Å². The number of alkyl carbamates (subject to hydrolysis) is 1. The smallest absolute Gasteiger partial charge is 0.407 e. The monoisotopic (exact) mass is 380 g/mol. The van der Waals surface area contributed by atoms with Crippen molar-refractivity contribution in [1.29, 1.82) is 0 Å². The molecule has 0 aliphatic carbocycles. The standard InChI is InChI=1S/C18H24N2O7/c1-3-25-16(22)10-14(17(23)26-4-2)20-15(21)11-19-18(24)27-12-13-8-6-5-7-9-13/h5-9,14H,3-4,10-12H2,1-2H3,(H,19,24)(H,20,21)/t14-/m0/s1. The van der Waals surface area contributed by atoms with Crippen molar-refractivity contribution in [2.24, 2.45) is 0 Å². The van der Waals surface area contributed by atoms with Gasteiger partial charge in [0.2, 0.25) is 5.91 Å². The summed E-state index contributed by atoms with van der Waals surface area (Å²) in [6, 6.07) is 7.84. The van der Waals surface area contributed by atoms with Gasteiger partial charge in [-0.05, 0) is 19.4 Å². The normalized spacial score (nSPS) is 11.0. The molecule has 0 bridgehead atoms. The van der Waals surface area contributed by atoms with E-state index in [1.807, 2.05) is 18.2 Å². The van der Waals surface area contributed by atoms with Crippen molar-refractivity contribution < 1.29 is 33.4 Å². The predicted molar refractivity (Wildman–Crippen MR) is 94.4 cm³/mol. The maximum Gasteiger partial charge on any atom is 0.407 e. The van der Waals surface area contributed by atoms with Crippen LogP contribution in [0.1, 0.15) is 25.8 Å². The fraction of sp³-hybridized carbons (Fsp3) is 0.444. The highest BCUT2D eigenvalue weighted by Gasteiger charge is 2.26. The number of ether oxygens (including phenoxy) is 3. The summed E-state index contributed by atoms with van der Waals surface area (Å²) in [6.45, 7) is 3.11. The average Bonchev–Trinajstić information content (AvgIpc) is 2.65. The Morgan fingerprint density at radius 1 is 0.963 bits per heavy atom. The van der Waals surface area contributed by atoms with E-state index in [1.165, 1.54) is 0 Å². The molecule has 0 spiro atoms. The SMILES string of the molecule is CCOC(=O)C[C@H](NC(=O)CNC(=O)OCc1ccccc1)C(=O)OCC. The van der Waals surface area contributed by atoms with E-state index in [2.05, 4.69) is 10.6 Å². The highest BCUT2D eigenvalue weighted by Crippen LogP contribution is 2.01. The van der Waals surface area contributed by atoms with Crippen LogP contribution in [0.15, 0.2) is 30.3 Å². The van der Waals surface area contributed by atoms with Crippen LogP contribution in [-0.2, 0) is 35.2 Å². The van der Waals surface area contributed by atoms with Gasteiger partial charge < -0.3 is 24.8 Å². The molecule has 1 atom stereocenters. The Labute approximate surface area is 157 Å². The molecule has 148 valence electrons. The molecule has 0 aliphatic rings. The van der Waals surface area contributed by atoms with E-state index in [4.69, 9.17) is 14.2 Å². The zero-order valence-electron chi connectivity index (χ0n) is 15.4. The topological polar surface area (TPSA) is 120 Å². The Balaban J connectivity index is 2.43. The third-order valence-corrected chi connectivity index (χ3v) is 3.19. The second kappa shape index (κ2) is 12.3. The molecule has 9 heteroatoms. The highest BCUT2D eigenvalue weighted by atomic mass is 16.6. The minimum Gasteiger partial charge on any atom is -0.466 e. The molecule has 1 aromatic rings. The van der Waals surface area contributed by atoms with Crippen molar-refractivity contribution in [2.45, 2.75) is 32.9 Å². The number of rotatable bonds is 10. The van der Waals surface area contributed by atoms with Crippen molar-refractivity contribution in [1.82, 2.24) is 10.6 Å². The van der Waals surface area contributed by atoms with Crippen LogP contribution in [-0.4, -0.2) is 49.7 Å². The molecule has 0 aromatic heterocycles. The first-order chi connectivity index (χ1) is 13.0. The van der Waals surface area contributed by atoms with Crippen molar-refractivity contribution in [3.05, 3.63) is 35.9 Å². The molecule has 1 aromatic carbocycles. The summed E-state index contributed by atoms with van der Waals surface area (Å²) in [5, 5.41) is 4.60. The minimum atomic E-state index is -1.20. The van der Waals surface area contributed by atoms with Crippen molar-refractivity contribution in [3.63, 3.8) is 0 Å². The van der Waals surface area contributed by atoms with Gasteiger partial charge in [0.25, 0.3) is 0 Å². The summed E-state index contributed by atoms with van der Waals surface area (Å²) in [5.74, 6) is -2.08. The molecule has 0 saturated carbocycles. The fourth-order valence-electron chi connectivity index (χ4n) is 1.99. The lowest BCUT2D eigenvalue weighted by molar-refractivity contribution is -0.153. The third-order valence-electron chi connectivity index (χ3n) is 3.19. The first-order valence-electron chi connectivity index (χ1n) is 8.52. The van der Waals surface area contributed by atoms with Gasteiger partial charge in [-0.2, -0.15) is 0 Å². The number of carbonyl (C=O) groups excluding carboxylic acids is 4. The van der Waals surface area contributed by atoms with Crippen molar-refractivity contribution in [3.8, 4) is 0 Å². The molecule has 2 N–H and O–H groups in total. The van der Waals surface area contributed by atoms with Gasteiger partial charge in [0, 0.05) is 0 Å². The van der Waals surface area contributed by atoms with Gasteiger partial charge in [0.15, 0.2) is 0 Å². The average molecular weight is 380 g/mol. The molecule has 9 nitrogen and oxygen atoms in total. The number of hydrogen-bond acceptors (Lipinski definition) is 7. The van der Waals surface area contributed by atoms with Crippen LogP contribution in [0.25, 0.3) is 0 Å². The van der Waals surface area contributed by atoms with Gasteiger partial charge in [-0.15, -0.1) is 0 Å². The molecule has 0 saturated heterocycles. The Bertz CT molecular complexity index is 634. The van der Waals surface area contributed by atoms with Gasteiger partial charge in [0.1, 0.15) is 19.2 Å². The second-order valence-electron chi connectivity index (χ2n) is 5.30. The predicted octanol–water partition coefficient (Wildman–Crippen LogP) is 0.914. The van der Waals surface area contributed by atoms with E-state index in [0.29, 0.717) is 0 Å². The molecule has 27 heavy (non-hydrogen) atoms. The molecule has 2 amide bonds. The summed E-state index contributed by atoms with van der Waals surface area (Å²) < 4.78 is 14.6. The molecular weight excluding hydrogens is 356 g/mol.